The van der Waals surface area contributed by atoms with Gasteiger partial charge in [0.2, 0.25) is 5.91 Å². The number of carbonyl (C=O) groups is 1. The number of hydrogen-bond acceptors (Lipinski definition) is 2. The Morgan fingerprint density at radius 2 is 2.13 bits per heavy atom. The summed E-state index contributed by atoms with van der Waals surface area (Å²) in [5, 5.41) is 3.30. The Labute approximate surface area is 145 Å². The van der Waals surface area contributed by atoms with Crippen LogP contribution in [0.3, 0.4) is 0 Å². The Balaban J connectivity index is 0.00000264. The number of rotatable bonds is 4. The van der Waals surface area contributed by atoms with Crippen molar-refractivity contribution in [1.29, 1.82) is 0 Å². The van der Waals surface area contributed by atoms with E-state index in [-0.39, 0.29) is 35.6 Å². The molecule has 1 saturated heterocycles. The number of amides is 1. The highest BCUT2D eigenvalue weighted by molar-refractivity contribution is 5.85. The summed E-state index contributed by atoms with van der Waals surface area (Å²) in [7, 11) is 0. The summed E-state index contributed by atoms with van der Waals surface area (Å²) in [4.78, 5) is 14.5. The summed E-state index contributed by atoms with van der Waals surface area (Å²) in [6.45, 7) is 8.76. The van der Waals surface area contributed by atoms with Gasteiger partial charge >= 0.3 is 0 Å². The topological polar surface area (TPSA) is 32.3 Å². The molecule has 1 fully saturated rings. The Morgan fingerprint density at radius 1 is 1.39 bits per heavy atom. The predicted octanol–water partition coefficient (Wildman–Crippen LogP) is 3.94. The fourth-order valence-electron chi connectivity index (χ4n) is 2.93. The second-order valence-corrected chi connectivity index (χ2v) is 7.28. The van der Waals surface area contributed by atoms with Gasteiger partial charge in [0.25, 0.3) is 0 Å². The van der Waals surface area contributed by atoms with Gasteiger partial charge in [-0.25, -0.2) is 4.39 Å². The van der Waals surface area contributed by atoms with Gasteiger partial charge in [0, 0.05) is 26.1 Å². The molecule has 0 radical (unpaired) electrons. The first-order chi connectivity index (χ1) is 10.4. The third-order valence-corrected chi connectivity index (χ3v) is 4.11. The highest BCUT2D eigenvalue weighted by atomic mass is 35.5. The second kappa shape index (κ2) is 8.65. The molecule has 1 heterocycles. The van der Waals surface area contributed by atoms with Crippen LogP contribution in [0.5, 0.6) is 0 Å². The van der Waals surface area contributed by atoms with Crippen molar-refractivity contribution in [1.82, 2.24) is 10.2 Å². The molecule has 1 aromatic rings. The maximum Gasteiger partial charge on any atom is 0.223 e. The number of hydrogen-bond donors (Lipinski definition) is 1. The van der Waals surface area contributed by atoms with E-state index < -0.39 is 0 Å². The fourth-order valence-corrected chi connectivity index (χ4v) is 2.93. The maximum atomic E-state index is 13.5. The van der Waals surface area contributed by atoms with E-state index in [0.717, 1.165) is 24.9 Å². The first-order valence-electron chi connectivity index (χ1n) is 8.12. The molecule has 3 nitrogen and oxygen atoms in total. The largest absolute Gasteiger partial charge is 0.333 e. The quantitative estimate of drug-likeness (QED) is 0.899. The van der Waals surface area contributed by atoms with Crippen LogP contribution in [0.15, 0.2) is 24.3 Å². The highest BCUT2D eigenvalue weighted by Crippen LogP contribution is 2.26. The third kappa shape index (κ3) is 6.11. The van der Waals surface area contributed by atoms with Gasteiger partial charge in [-0.05, 0) is 36.0 Å². The van der Waals surface area contributed by atoms with Gasteiger partial charge in [-0.15, -0.1) is 12.4 Å². The lowest BCUT2D eigenvalue weighted by molar-refractivity contribution is -0.134. The third-order valence-electron chi connectivity index (χ3n) is 4.11. The van der Waals surface area contributed by atoms with Crippen LogP contribution in [0.4, 0.5) is 4.39 Å². The number of nitrogens with zero attached hydrogens (tertiary/aromatic N) is 1. The van der Waals surface area contributed by atoms with E-state index in [4.69, 9.17) is 0 Å². The van der Waals surface area contributed by atoms with Gasteiger partial charge < -0.3 is 10.2 Å². The number of piperazine rings is 1. The summed E-state index contributed by atoms with van der Waals surface area (Å²) >= 11 is 0. The first kappa shape index (κ1) is 19.9. The summed E-state index contributed by atoms with van der Waals surface area (Å²) < 4.78 is 13.5. The van der Waals surface area contributed by atoms with E-state index in [1.807, 2.05) is 11.0 Å². The zero-order valence-corrected chi connectivity index (χ0v) is 15.1. The molecule has 1 aromatic carbocycles. The zero-order chi connectivity index (χ0) is 16.2. The van der Waals surface area contributed by atoms with Crippen molar-refractivity contribution in [2.24, 2.45) is 5.41 Å². The van der Waals surface area contributed by atoms with Crippen molar-refractivity contribution in [2.45, 2.75) is 46.1 Å². The molecule has 1 unspecified atom stereocenters. The maximum absolute atomic E-state index is 13.5. The molecule has 1 aliphatic rings. The summed E-state index contributed by atoms with van der Waals surface area (Å²) in [6.07, 6.45) is 2.51. The Hall–Kier alpha value is -1.13. The average Bonchev–Trinajstić information content (AvgIpc) is 2.46. The van der Waals surface area contributed by atoms with Crippen LogP contribution in [0.2, 0.25) is 0 Å². The van der Waals surface area contributed by atoms with E-state index >= 15 is 0 Å². The van der Waals surface area contributed by atoms with Gasteiger partial charge in [0.05, 0.1) is 6.04 Å². The molecule has 0 aliphatic carbocycles. The van der Waals surface area contributed by atoms with Crippen molar-refractivity contribution in [2.75, 3.05) is 19.6 Å². The van der Waals surface area contributed by atoms with Gasteiger partial charge in [-0.1, -0.05) is 32.9 Å². The van der Waals surface area contributed by atoms with E-state index in [1.54, 1.807) is 6.07 Å². The molecule has 0 saturated carbocycles. The molecule has 1 amide bonds. The fraction of sp³-hybridized carbons (Fsp3) is 0.611. The van der Waals surface area contributed by atoms with Crippen molar-refractivity contribution in [3.63, 3.8) is 0 Å². The lowest BCUT2D eigenvalue weighted by Gasteiger charge is -2.37. The number of nitrogens with one attached hydrogen (secondary N) is 1. The Morgan fingerprint density at radius 3 is 2.78 bits per heavy atom. The van der Waals surface area contributed by atoms with E-state index in [9.17, 15) is 9.18 Å². The Kier molecular flexibility index (Phi) is 7.49. The lowest BCUT2D eigenvalue weighted by atomic mass is 9.89. The van der Waals surface area contributed by atoms with Crippen LogP contribution in [0, 0.1) is 11.2 Å². The van der Waals surface area contributed by atoms with Gasteiger partial charge in [0.15, 0.2) is 0 Å². The minimum absolute atomic E-state index is 0. The standard InChI is InChI=1S/C18H27FN2O.ClH/c1-18(2,3)9-5-8-17(22)21-11-10-20-13-16(21)14-6-4-7-15(19)12-14;/h4,6-7,12,16,20H,5,8-11,13H2,1-3H3;1H. The zero-order valence-electron chi connectivity index (χ0n) is 14.3. The van der Waals surface area contributed by atoms with Crippen molar-refractivity contribution in [3.05, 3.63) is 35.6 Å². The smallest absolute Gasteiger partial charge is 0.223 e. The molecule has 2 rings (SSSR count). The average molecular weight is 343 g/mol. The molecular formula is C18H28ClFN2O. The number of carbonyl (C=O) groups excluding carboxylic acids is 1. The van der Waals surface area contributed by atoms with Crippen LogP contribution < -0.4 is 5.32 Å². The molecule has 23 heavy (non-hydrogen) atoms. The van der Waals surface area contributed by atoms with Gasteiger partial charge in [0.1, 0.15) is 5.82 Å². The van der Waals surface area contributed by atoms with Crippen LogP contribution in [0.25, 0.3) is 0 Å². The molecule has 1 atom stereocenters. The molecule has 5 heteroatoms. The molecule has 0 aromatic heterocycles. The molecular weight excluding hydrogens is 315 g/mol. The minimum Gasteiger partial charge on any atom is -0.333 e. The van der Waals surface area contributed by atoms with Crippen LogP contribution in [0.1, 0.15) is 51.6 Å². The summed E-state index contributed by atoms with van der Waals surface area (Å²) in [5.74, 6) is -0.0665. The second-order valence-electron chi connectivity index (χ2n) is 7.28. The SMILES string of the molecule is CC(C)(C)CCCC(=O)N1CCNCC1c1cccc(F)c1.Cl. The predicted molar refractivity (Wildman–Crippen MR) is 94.3 cm³/mol. The molecule has 1 N–H and O–H groups in total. The van der Waals surface area contributed by atoms with E-state index in [0.29, 0.717) is 19.5 Å². The molecule has 0 bridgehead atoms. The van der Waals surface area contributed by atoms with E-state index in [2.05, 4.69) is 26.1 Å². The molecule has 1 aliphatic heterocycles. The van der Waals surface area contributed by atoms with E-state index in [1.165, 1.54) is 12.1 Å². The lowest BCUT2D eigenvalue weighted by Crippen LogP contribution is -2.48. The van der Waals surface area contributed by atoms with Crippen molar-refractivity contribution in [3.8, 4) is 0 Å². The van der Waals surface area contributed by atoms with Gasteiger partial charge in [-0.2, -0.15) is 0 Å². The minimum atomic E-state index is -0.247. The Bertz CT molecular complexity index is 516. The van der Waals surface area contributed by atoms with Crippen LogP contribution in [-0.4, -0.2) is 30.4 Å². The van der Waals surface area contributed by atoms with Crippen LogP contribution in [-0.2, 0) is 4.79 Å². The molecule has 0 spiro atoms. The molecule has 130 valence electrons. The van der Waals surface area contributed by atoms with Crippen LogP contribution >= 0.6 is 12.4 Å². The monoisotopic (exact) mass is 342 g/mol. The number of halogens is 2. The van der Waals surface area contributed by atoms with Crippen molar-refractivity contribution < 1.29 is 9.18 Å². The highest BCUT2D eigenvalue weighted by Gasteiger charge is 2.27. The normalized spacial score (nSPS) is 18.4. The summed E-state index contributed by atoms with van der Waals surface area (Å²) in [5.41, 5.74) is 1.13. The van der Waals surface area contributed by atoms with Gasteiger partial charge in [-0.3, -0.25) is 4.79 Å². The number of benzene rings is 1. The summed E-state index contributed by atoms with van der Waals surface area (Å²) in [6, 6.07) is 6.52. The van der Waals surface area contributed by atoms with Crippen molar-refractivity contribution >= 4 is 18.3 Å². The first-order valence-corrected chi connectivity index (χ1v) is 8.12.